The van der Waals surface area contributed by atoms with Gasteiger partial charge in [-0.3, -0.25) is 4.79 Å². The van der Waals surface area contributed by atoms with E-state index in [4.69, 9.17) is 0 Å². The number of carbonyl (C=O) groups is 1. The first-order valence-corrected chi connectivity index (χ1v) is 9.65. The molecule has 10 heteroatoms. The highest BCUT2D eigenvalue weighted by molar-refractivity contribution is 7.99. The molecule has 0 spiro atoms. The van der Waals surface area contributed by atoms with Crippen LogP contribution in [0.15, 0.2) is 35.5 Å². The SMILES string of the molecule is C[NH+]1CCN(C(=O)CSc2nc(-c3ccc(F)cc3)cc(C(F)(F)F)n2)CC1. The van der Waals surface area contributed by atoms with Crippen LogP contribution in [0.5, 0.6) is 0 Å². The minimum Gasteiger partial charge on any atom is -0.334 e. The molecule has 0 unspecified atom stereocenters. The fourth-order valence-electron chi connectivity index (χ4n) is 2.76. The Labute approximate surface area is 163 Å². The molecule has 3 rings (SSSR count). The van der Waals surface area contributed by atoms with Crippen LogP contribution in [0.3, 0.4) is 0 Å². The summed E-state index contributed by atoms with van der Waals surface area (Å²) in [5.74, 6) is -0.687. The summed E-state index contributed by atoms with van der Waals surface area (Å²) in [6.45, 7) is 2.92. The number of thioether (sulfide) groups is 1. The first kappa shape index (κ1) is 20.5. The zero-order chi connectivity index (χ0) is 20.3. The zero-order valence-corrected chi connectivity index (χ0v) is 15.9. The number of carbonyl (C=O) groups excluding carboxylic acids is 1. The first-order valence-electron chi connectivity index (χ1n) is 8.66. The highest BCUT2D eigenvalue weighted by Gasteiger charge is 2.34. The van der Waals surface area contributed by atoms with E-state index in [0.717, 1.165) is 43.1 Å². The molecule has 0 atom stereocenters. The number of likely N-dealkylation sites (N-methyl/N-ethyl adjacent to an activating group) is 1. The third-order valence-electron chi connectivity index (χ3n) is 4.43. The van der Waals surface area contributed by atoms with Gasteiger partial charge >= 0.3 is 6.18 Å². The van der Waals surface area contributed by atoms with Crippen molar-refractivity contribution in [3.63, 3.8) is 0 Å². The van der Waals surface area contributed by atoms with Gasteiger partial charge in [-0.25, -0.2) is 14.4 Å². The minimum atomic E-state index is -4.66. The lowest BCUT2D eigenvalue weighted by Crippen LogP contribution is -3.12. The van der Waals surface area contributed by atoms with Gasteiger partial charge in [0.2, 0.25) is 5.91 Å². The van der Waals surface area contributed by atoms with Crippen LogP contribution in [0.4, 0.5) is 17.6 Å². The number of amides is 1. The number of aromatic nitrogens is 2. The minimum absolute atomic E-state index is 0.0282. The highest BCUT2D eigenvalue weighted by atomic mass is 32.2. The maximum Gasteiger partial charge on any atom is 0.433 e. The van der Waals surface area contributed by atoms with E-state index in [1.54, 1.807) is 4.90 Å². The summed E-state index contributed by atoms with van der Waals surface area (Å²) in [5.41, 5.74) is -0.732. The summed E-state index contributed by atoms with van der Waals surface area (Å²) in [5, 5.41) is -0.137. The van der Waals surface area contributed by atoms with Gasteiger partial charge in [0, 0.05) is 5.56 Å². The summed E-state index contributed by atoms with van der Waals surface area (Å²) < 4.78 is 52.8. The van der Waals surface area contributed by atoms with Crippen molar-refractivity contribution in [3.05, 3.63) is 41.8 Å². The van der Waals surface area contributed by atoms with Crippen molar-refractivity contribution in [2.75, 3.05) is 39.0 Å². The van der Waals surface area contributed by atoms with Gasteiger partial charge in [-0.1, -0.05) is 11.8 Å². The molecule has 5 nitrogen and oxygen atoms in total. The summed E-state index contributed by atoms with van der Waals surface area (Å²) in [4.78, 5) is 23.1. The standard InChI is InChI=1S/C18H18F4N4OS/c1-25-6-8-26(9-7-25)16(27)11-28-17-23-14(10-15(24-17)18(20,21)22)12-2-4-13(19)5-3-12/h2-5,10H,6-9,11H2,1H3/p+1. The molecule has 1 aromatic carbocycles. The van der Waals surface area contributed by atoms with E-state index < -0.39 is 17.7 Å². The van der Waals surface area contributed by atoms with Gasteiger partial charge in [-0.05, 0) is 30.3 Å². The third kappa shape index (κ3) is 5.20. The van der Waals surface area contributed by atoms with Gasteiger partial charge in [-0.2, -0.15) is 13.2 Å². The van der Waals surface area contributed by atoms with Crippen LogP contribution < -0.4 is 4.90 Å². The van der Waals surface area contributed by atoms with E-state index in [-0.39, 0.29) is 22.5 Å². The van der Waals surface area contributed by atoms with E-state index in [2.05, 4.69) is 9.97 Å². The van der Waals surface area contributed by atoms with E-state index >= 15 is 0 Å². The van der Waals surface area contributed by atoms with Gasteiger partial charge < -0.3 is 9.80 Å². The van der Waals surface area contributed by atoms with Gasteiger partial charge in [0.25, 0.3) is 0 Å². The number of piperazine rings is 1. The van der Waals surface area contributed by atoms with Crippen LogP contribution in [-0.2, 0) is 11.0 Å². The Kier molecular flexibility index (Phi) is 6.19. The highest BCUT2D eigenvalue weighted by Crippen LogP contribution is 2.32. The van der Waals surface area contributed by atoms with Crippen LogP contribution in [-0.4, -0.2) is 59.8 Å². The van der Waals surface area contributed by atoms with Crippen molar-refractivity contribution in [1.29, 1.82) is 0 Å². The molecule has 1 aliphatic rings. The van der Waals surface area contributed by atoms with Crippen molar-refractivity contribution in [1.82, 2.24) is 14.9 Å². The zero-order valence-electron chi connectivity index (χ0n) is 15.1. The van der Waals surface area contributed by atoms with Crippen molar-refractivity contribution in [2.24, 2.45) is 0 Å². The van der Waals surface area contributed by atoms with Gasteiger partial charge in [0.1, 0.15) is 11.5 Å². The Bertz CT molecular complexity index is 836. The number of halogens is 4. The second kappa shape index (κ2) is 8.44. The molecule has 0 radical (unpaired) electrons. The number of hydrogen-bond donors (Lipinski definition) is 1. The topological polar surface area (TPSA) is 50.5 Å². The normalized spacial score (nSPS) is 15.7. The quantitative estimate of drug-likeness (QED) is 0.470. The number of alkyl halides is 3. The lowest BCUT2D eigenvalue weighted by molar-refractivity contribution is -0.883. The predicted octanol–water partition coefficient (Wildman–Crippen LogP) is 1.75. The molecule has 1 N–H and O–H groups in total. The van der Waals surface area contributed by atoms with E-state index in [9.17, 15) is 22.4 Å². The van der Waals surface area contributed by atoms with Crippen molar-refractivity contribution in [3.8, 4) is 11.3 Å². The lowest BCUT2D eigenvalue weighted by Gasteiger charge is -2.29. The Balaban J connectivity index is 1.78. The Morgan fingerprint density at radius 2 is 1.82 bits per heavy atom. The largest absolute Gasteiger partial charge is 0.433 e. The molecule has 2 aromatic rings. The third-order valence-corrected chi connectivity index (χ3v) is 5.26. The van der Waals surface area contributed by atoms with E-state index in [1.165, 1.54) is 17.0 Å². The average molecular weight is 415 g/mol. The summed E-state index contributed by atoms with van der Waals surface area (Å²) in [7, 11) is 2.05. The van der Waals surface area contributed by atoms with Crippen molar-refractivity contribution >= 4 is 17.7 Å². The molecular weight excluding hydrogens is 396 g/mol. The summed E-state index contributed by atoms with van der Waals surface area (Å²) in [6.07, 6.45) is -4.66. The van der Waals surface area contributed by atoms with Crippen LogP contribution in [0.25, 0.3) is 11.3 Å². The van der Waals surface area contributed by atoms with Crippen LogP contribution in [0.1, 0.15) is 5.69 Å². The van der Waals surface area contributed by atoms with E-state index in [1.807, 2.05) is 7.05 Å². The number of nitrogens with zero attached hydrogens (tertiary/aromatic N) is 3. The van der Waals surface area contributed by atoms with Crippen LogP contribution in [0, 0.1) is 5.82 Å². The smallest absolute Gasteiger partial charge is 0.334 e. The fraction of sp³-hybridized carbons (Fsp3) is 0.389. The van der Waals surface area contributed by atoms with E-state index in [0.29, 0.717) is 18.7 Å². The first-order chi connectivity index (χ1) is 13.2. The number of rotatable bonds is 4. The Hall–Kier alpha value is -2.20. The summed E-state index contributed by atoms with van der Waals surface area (Å²) >= 11 is 0.871. The molecule has 150 valence electrons. The van der Waals surface area contributed by atoms with Crippen molar-refractivity contribution < 1.29 is 27.3 Å². The van der Waals surface area contributed by atoms with Crippen molar-refractivity contribution in [2.45, 2.75) is 11.3 Å². The van der Waals surface area contributed by atoms with Crippen LogP contribution in [0.2, 0.25) is 0 Å². The number of hydrogen-bond acceptors (Lipinski definition) is 4. The van der Waals surface area contributed by atoms with Gasteiger partial charge in [0.15, 0.2) is 5.16 Å². The number of nitrogens with one attached hydrogen (secondary N) is 1. The molecule has 1 amide bonds. The molecule has 1 aromatic heterocycles. The van der Waals surface area contributed by atoms with Crippen LogP contribution >= 0.6 is 11.8 Å². The fourth-order valence-corrected chi connectivity index (χ4v) is 3.52. The molecule has 1 saturated heterocycles. The molecule has 2 heterocycles. The maximum absolute atomic E-state index is 13.2. The molecule has 0 aliphatic carbocycles. The number of benzene rings is 1. The van der Waals surface area contributed by atoms with Gasteiger partial charge in [0.05, 0.1) is 44.7 Å². The lowest BCUT2D eigenvalue weighted by atomic mass is 10.1. The van der Waals surface area contributed by atoms with Gasteiger partial charge in [-0.15, -0.1) is 0 Å². The molecule has 1 fully saturated rings. The molecule has 0 saturated carbocycles. The molecular formula is C18H19F4N4OS+. The number of quaternary nitrogens is 1. The maximum atomic E-state index is 13.2. The predicted molar refractivity (Wildman–Crippen MR) is 96.4 cm³/mol. The second-order valence-corrected chi connectivity index (χ2v) is 7.49. The summed E-state index contributed by atoms with van der Waals surface area (Å²) in [6, 6.07) is 5.82. The Morgan fingerprint density at radius 1 is 1.18 bits per heavy atom. The average Bonchev–Trinajstić information content (AvgIpc) is 2.66. The monoisotopic (exact) mass is 415 g/mol. The Morgan fingerprint density at radius 3 is 2.43 bits per heavy atom. The molecule has 1 aliphatic heterocycles. The molecule has 28 heavy (non-hydrogen) atoms. The second-order valence-electron chi connectivity index (χ2n) is 6.55. The molecule has 0 bridgehead atoms.